The Morgan fingerprint density at radius 2 is 1.06 bits per heavy atom. The maximum atomic E-state index is 12.4. The molecule has 0 radical (unpaired) electrons. The molecule has 0 unspecified atom stereocenters. The van der Waals surface area contributed by atoms with Crippen molar-refractivity contribution in [3.8, 4) is 57.5 Å². The summed E-state index contributed by atoms with van der Waals surface area (Å²) in [6, 6.07) is 14.1. The van der Waals surface area contributed by atoms with E-state index in [1.54, 1.807) is 47.6 Å². The standard InChI is InChI=1S/C30H34O11.C15H14O6.C3H5ClO/c1-6-25(31)36-18-14-21(38-27(33)8-3)19-16-24(40-29(35)10-5)30(41-22(19)15-18)17-11-12-20(37-26(32)7-2)23(13-17)39-28(34)9-4;16-8-4-11(18)9-6-13(20)15(21-14(9)5-8)7-1-2-10(17)12(19)3-7;1-2-3(4)5/h11-15,24,30H,6-10,16H2,1-5H3;1-5,13,15-20H,6H2;2H2,1H3/t24-,30-;13-,15-;/m11./s1. The van der Waals surface area contributed by atoms with Crippen LogP contribution < -0.4 is 28.4 Å². The van der Waals surface area contributed by atoms with Crippen LogP contribution in [0, 0.1) is 0 Å². The van der Waals surface area contributed by atoms with Crippen molar-refractivity contribution < 1.29 is 87.5 Å². The Bertz CT molecular complexity index is 2450. The van der Waals surface area contributed by atoms with Crippen LogP contribution in [0.3, 0.4) is 0 Å². The second kappa shape index (κ2) is 24.5. The van der Waals surface area contributed by atoms with Gasteiger partial charge < -0.3 is 58.7 Å². The average molecular weight is 953 g/mol. The first-order valence-corrected chi connectivity index (χ1v) is 21.8. The van der Waals surface area contributed by atoms with Gasteiger partial charge in [-0.3, -0.25) is 28.8 Å². The molecule has 4 atom stereocenters. The van der Waals surface area contributed by atoms with Crippen molar-refractivity contribution in [3.63, 3.8) is 0 Å². The minimum atomic E-state index is -0.933. The van der Waals surface area contributed by atoms with E-state index in [1.807, 2.05) is 0 Å². The Kier molecular flexibility index (Phi) is 19.2. The lowest BCUT2D eigenvalue weighted by Gasteiger charge is -2.34. The Hall–Kier alpha value is -7.05. The molecule has 19 heteroatoms. The third-order valence-corrected chi connectivity index (χ3v) is 10.1. The maximum absolute atomic E-state index is 12.4. The molecule has 2 heterocycles. The van der Waals surface area contributed by atoms with Crippen LogP contribution in [0.4, 0.5) is 0 Å². The van der Waals surface area contributed by atoms with Gasteiger partial charge in [0.15, 0.2) is 29.1 Å². The third-order valence-electron chi connectivity index (χ3n) is 9.86. The normalized spacial score (nSPS) is 16.5. The van der Waals surface area contributed by atoms with E-state index in [0.29, 0.717) is 28.7 Å². The molecule has 0 saturated heterocycles. The van der Waals surface area contributed by atoms with Crippen molar-refractivity contribution in [2.24, 2.45) is 0 Å². The highest BCUT2D eigenvalue weighted by Crippen LogP contribution is 2.46. The molecule has 0 amide bonds. The van der Waals surface area contributed by atoms with Crippen LogP contribution in [0.25, 0.3) is 0 Å². The second-order valence-corrected chi connectivity index (χ2v) is 15.2. The van der Waals surface area contributed by atoms with Gasteiger partial charge in [0.2, 0.25) is 5.24 Å². The Balaban J connectivity index is 0.000000311. The zero-order chi connectivity index (χ0) is 49.5. The van der Waals surface area contributed by atoms with E-state index >= 15 is 0 Å². The van der Waals surface area contributed by atoms with E-state index in [-0.39, 0.29) is 108 Å². The van der Waals surface area contributed by atoms with Gasteiger partial charge in [-0.05, 0) is 41.4 Å². The first-order valence-electron chi connectivity index (χ1n) is 21.4. The maximum Gasteiger partial charge on any atom is 0.311 e. The monoisotopic (exact) mass is 952 g/mol. The zero-order valence-electron chi connectivity index (χ0n) is 37.7. The molecule has 0 aliphatic carbocycles. The van der Waals surface area contributed by atoms with Gasteiger partial charge in [-0.15, -0.1) is 0 Å². The molecule has 18 nitrogen and oxygen atoms in total. The number of halogens is 1. The number of hydrogen-bond acceptors (Lipinski definition) is 18. The number of hydrogen-bond donors (Lipinski definition) is 5. The predicted octanol–water partition coefficient (Wildman–Crippen LogP) is 7.65. The number of carbonyl (C=O) groups is 6. The highest BCUT2D eigenvalue weighted by Gasteiger charge is 2.38. The fraction of sp³-hybridized carbons (Fsp3) is 0.375. The van der Waals surface area contributed by atoms with Gasteiger partial charge in [0.05, 0.1) is 6.10 Å². The highest BCUT2D eigenvalue weighted by molar-refractivity contribution is 6.63. The number of phenols is 4. The van der Waals surface area contributed by atoms with Crippen molar-refractivity contribution in [2.45, 2.75) is 117 Å². The minimum Gasteiger partial charge on any atom is -0.508 e. The number of aliphatic hydroxyl groups is 1. The number of ether oxygens (including phenoxy) is 7. The van der Waals surface area contributed by atoms with Gasteiger partial charge in [-0.25, -0.2) is 0 Å². The topological polar surface area (TPSA) is 268 Å². The number of rotatable bonds is 13. The number of aliphatic hydroxyl groups excluding tert-OH is 1. The molecule has 2 aliphatic heterocycles. The molecular formula is C48H53ClO18. The van der Waals surface area contributed by atoms with Crippen LogP contribution in [0.5, 0.6) is 57.5 Å². The van der Waals surface area contributed by atoms with E-state index < -0.39 is 54.3 Å². The summed E-state index contributed by atoms with van der Waals surface area (Å²) < 4.78 is 39.3. The molecule has 0 fully saturated rings. The van der Waals surface area contributed by atoms with E-state index in [9.17, 15) is 54.3 Å². The molecule has 4 aromatic carbocycles. The first-order chi connectivity index (χ1) is 31.8. The summed E-state index contributed by atoms with van der Waals surface area (Å²) >= 11 is 4.82. The molecular weight excluding hydrogens is 900 g/mol. The van der Waals surface area contributed by atoms with Gasteiger partial charge in [0.1, 0.15) is 46.7 Å². The second-order valence-electron chi connectivity index (χ2n) is 14.7. The van der Waals surface area contributed by atoms with Crippen LogP contribution in [0.2, 0.25) is 0 Å². The van der Waals surface area contributed by atoms with Crippen molar-refractivity contribution >= 4 is 46.7 Å². The average Bonchev–Trinajstić information content (AvgIpc) is 3.30. The molecule has 67 heavy (non-hydrogen) atoms. The van der Waals surface area contributed by atoms with Crippen LogP contribution in [-0.4, -0.2) is 72.8 Å². The van der Waals surface area contributed by atoms with Crippen molar-refractivity contribution in [2.75, 3.05) is 0 Å². The van der Waals surface area contributed by atoms with Gasteiger partial charge in [-0.1, -0.05) is 53.7 Å². The zero-order valence-corrected chi connectivity index (χ0v) is 38.4. The summed E-state index contributed by atoms with van der Waals surface area (Å²) in [4.78, 5) is 70.3. The molecule has 4 aromatic rings. The number of phenolic OH excluding ortho intramolecular Hbond substituents is 4. The third kappa shape index (κ3) is 14.5. The van der Waals surface area contributed by atoms with Gasteiger partial charge in [-0.2, -0.15) is 0 Å². The predicted molar refractivity (Wildman–Crippen MR) is 238 cm³/mol. The summed E-state index contributed by atoms with van der Waals surface area (Å²) in [5.74, 6) is -2.66. The largest absolute Gasteiger partial charge is 0.508 e. The molecule has 0 spiro atoms. The molecule has 6 rings (SSSR count). The fourth-order valence-electron chi connectivity index (χ4n) is 6.33. The lowest BCUT2D eigenvalue weighted by molar-refractivity contribution is -0.155. The van der Waals surface area contributed by atoms with Gasteiger partial charge in [0.25, 0.3) is 0 Å². The molecule has 2 aliphatic rings. The number of carbonyl (C=O) groups excluding carboxylic acids is 6. The Morgan fingerprint density at radius 1 is 0.537 bits per heavy atom. The SMILES string of the molecule is CCC(=O)Cl.CCC(=O)Oc1cc(OC(=O)CC)c2c(c1)O[C@H](c1ccc(OC(=O)CC)c(OC(=O)CC)c1)[C@H](OC(=O)CC)C2.Oc1cc(O)c2c(c1)O[C@H](c1ccc(O)c(O)c1)[C@H](O)C2. The molecule has 360 valence electrons. The number of esters is 5. The minimum absolute atomic E-state index is 0.00527. The van der Waals surface area contributed by atoms with Gasteiger partial charge in [0, 0.05) is 92.3 Å². The van der Waals surface area contributed by atoms with Crippen molar-refractivity contribution in [3.05, 3.63) is 82.9 Å². The van der Waals surface area contributed by atoms with Crippen LogP contribution in [0.1, 0.15) is 115 Å². The Morgan fingerprint density at radius 3 is 1.64 bits per heavy atom. The highest BCUT2D eigenvalue weighted by atomic mass is 35.5. The van der Waals surface area contributed by atoms with Crippen LogP contribution >= 0.6 is 11.6 Å². The summed E-state index contributed by atoms with van der Waals surface area (Å²) in [7, 11) is 0. The smallest absolute Gasteiger partial charge is 0.311 e. The Labute approximate surface area is 390 Å². The summed E-state index contributed by atoms with van der Waals surface area (Å²) in [6.07, 6.45) is -2.33. The van der Waals surface area contributed by atoms with Crippen LogP contribution in [-0.2, 0) is 46.3 Å². The molecule has 0 aromatic heterocycles. The summed E-state index contributed by atoms with van der Waals surface area (Å²) in [5.41, 5.74) is 1.79. The fourth-order valence-corrected chi connectivity index (χ4v) is 6.33. The molecule has 0 saturated carbocycles. The quantitative estimate of drug-likeness (QED) is 0.0372. The molecule has 5 N–H and O–H groups in total. The van der Waals surface area contributed by atoms with Crippen LogP contribution in [0.15, 0.2) is 60.7 Å². The number of fused-ring (bicyclic) bond motifs is 2. The lowest BCUT2D eigenvalue weighted by Crippen LogP contribution is -2.35. The summed E-state index contributed by atoms with van der Waals surface area (Å²) in [6.45, 7) is 9.90. The van der Waals surface area contributed by atoms with E-state index in [0.717, 1.165) is 0 Å². The lowest BCUT2D eigenvalue weighted by atomic mass is 9.93. The van der Waals surface area contributed by atoms with Crippen molar-refractivity contribution in [1.29, 1.82) is 0 Å². The van der Waals surface area contributed by atoms with Gasteiger partial charge >= 0.3 is 29.8 Å². The first kappa shape index (κ1) is 52.6. The van der Waals surface area contributed by atoms with Crippen molar-refractivity contribution in [1.82, 2.24) is 0 Å². The molecule has 0 bridgehead atoms. The summed E-state index contributed by atoms with van der Waals surface area (Å²) in [5, 5.41) is 48.0. The number of aromatic hydroxyl groups is 4. The van der Waals surface area contributed by atoms with E-state index in [1.165, 1.54) is 54.6 Å². The van der Waals surface area contributed by atoms with E-state index in [2.05, 4.69) is 0 Å². The van der Waals surface area contributed by atoms with E-state index in [4.69, 9.17) is 44.8 Å². The number of benzene rings is 4.